The van der Waals surface area contributed by atoms with E-state index in [0.29, 0.717) is 18.4 Å². The van der Waals surface area contributed by atoms with Gasteiger partial charge in [-0.25, -0.2) is 9.37 Å². The van der Waals surface area contributed by atoms with Crippen molar-refractivity contribution in [3.63, 3.8) is 0 Å². The maximum atomic E-state index is 12.9. The van der Waals surface area contributed by atoms with Crippen LogP contribution in [0.2, 0.25) is 0 Å². The Balaban J connectivity index is 1.35. The van der Waals surface area contributed by atoms with Gasteiger partial charge in [-0.2, -0.15) is 4.98 Å². The lowest BCUT2D eigenvalue weighted by Gasteiger charge is -2.29. The lowest BCUT2D eigenvalue weighted by Crippen LogP contribution is -2.32. The van der Waals surface area contributed by atoms with Crippen molar-refractivity contribution in [2.45, 2.75) is 26.4 Å². The summed E-state index contributed by atoms with van der Waals surface area (Å²) in [7, 11) is 0. The van der Waals surface area contributed by atoms with Gasteiger partial charge < -0.3 is 15.0 Å². The summed E-state index contributed by atoms with van der Waals surface area (Å²) in [6.07, 6.45) is 0.940. The summed E-state index contributed by atoms with van der Waals surface area (Å²) in [5.41, 5.74) is 4.23. The number of hydrogen-bond donors (Lipinski definition) is 1. The smallest absolute Gasteiger partial charge is 0.258 e. The fourth-order valence-electron chi connectivity index (χ4n) is 3.40. The summed E-state index contributed by atoms with van der Waals surface area (Å²) in [6, 6.07) is 16.1. The second kappa shape index (κ2) is 8.90. The zero-order valence-electron chi connectivity index (χ0n) is 16.8. The maximum Gasteiger partial charge on any atom is 0.258 e. The van der Waals surface area contributed by atoms with Gasteiger partial charge in [0.2, 0.25) is 11.8 Å². The highest BCUT2D eigenvalue weighted by atomic mass is 19.1. The topological polar surface area (TPSA) is 67.3 Å². The lowest BCUT2D eigenvalue weighted by molar-refractivity contribution is -0.123. The molecule has 0 saturated heterocycles. The number of nitrogens with zero attached hydrogens (tertiary/aromatic N) is 3. The Bertz CT molecular complexity index is 1040. The Hall–Kier alpha value is -3.48. The van der Waals surface area contributed by atoms with Crippen molar-refractivity contribution in [3.05, 3.63) is 82.8 Å². The minimum atomic E-state index is -0.305. The summed E-state index contributed by atoms with van der Waals surface area (Å²) in [5.74, 6) is 0.393. The summed E-state index contributed by atoms with van der Waals surface area (Å²) >= 11 is 0. The van der Waals surface area contributed by atoms with Gasteiger partial charge >= 0.3 is 0 Å². The van der Waals surface area contributed by atoms with Crippen molar-refractivity contribution >= 4 is 11.9 Å². The molecule has 4 rings (SSSR count). The van der Waals surface area contributed by atoms with Gasteiger partial charge in [-0.1, -0.05) is 36.4 Å². The quantitative estimate of drug-likeness (QED) is 0.681. The number of hydrogen-bond acceptors (Lipinski definition) is 5. The predicted molar refractivity (Wildman–Crippen MR) is 112 cm³/mol. The molecule has 1 N–H and O–H groups in total. The molecule has 1 aliphatic rings. The minimum Gasteiger partial charge on any atom is -0.467 e. The molecule has 7 heteroatoms. The van der Waals surface area contributed by atoms with Crippen LogP contribution in [0.5, 0.6) is 5.88 Å². The highest BCUT2D eigenvalue weighted by Gasteiger charge is 2.19. The van der Waals surface area contributed by atoms with Crippen LogP contribution in [-0.4, -0.2) is 29.0 Å². The van der Waals surface area contributed by atoms with E-state index in [1.807, 2.05) is 13.0 Å². The molecule has 0 spiro atoms. The average molecular weight is 406 g/mol. The number of aromatic nitrogens is 2. The third-order valence-electron chi connectivity index (χ3n) is 4.99. The highest BCUT2D eigenvalue weighted by Crippen LogP contribution is 2.23. The van der Waals surface area contributed by atoms with Gasteiger partial charge in [0, 0.05) is 31.4 Å². The second-order valence-electron chi connectivity index (χ2n) is 7.28. The van der Waals surface area contributed by atoms with Crippen LogP contribution >= 0.6 is 0 Å². The first-order chi connectivity index (χ1) is 14.6. The molecule has 6 nitrogen and oxygen atoms in total. The number of amides is 1. The number of benzene rings is 2. The number of anilines is 1. The standard InChI is InChI=1S/C23H23FN4O2/c1-16-12-22(30-15-21(29)25-13-17-6-8-20(24)9-7-17)27-23(26-16)28-11-10-18-4-2-3-5-19(18)14-28/h2-9,12H,10-11,13-15H2,1H3,(H,25,29). The molecule has 1 aromatic heterocycles. The molecule has 1 amide bonds. The van der Waals surface area contributed by atoms with Gasteiger partial charge in [0.25, 0.3) is 5.91 Å². The number of carbonyl (C=O) groups is 1. The first-order valence-electron chi connectivity index (χ1n) is 9.88. The molecule has 0 radical (unpaired) electrons. The number of fused-ring (bicyclic) bond motifs is 1. The first-order valence-corrected chi connectivity index (χ1v) is 9.88. The highest BCUT2D eigenvalue weighted by molar-refractivity contribution is 5.77. The van der Waals surface area contributed by atoms with E-state index >= 15 is 0 Å². The molecule has 0 aliphatic carbocycles. The van der Waals surface area contributed by atoms with Crippen LogP contribution < -0.4 is 15.0 Å². The van der Waals surface area contributed by atoms with Crippen LogP contribution in [0.25, 0.3) is 0 Å². The van der Waals surface area contributed by atoms with Crippen LogP contribution in [0, 0.1) is 12.7 Å². The van der Waals surface area contributed by atoms with Gasteiger partial charge in [0.05, 0.1) is 0 Å². The molecule has 0 bridgehead atoms. The minimum absolute atomic E-state index is 0.153. The molecule has 0 atom stereocenters. The van der Waals surface area contributed by atoms with Gasteiger partial charge in [-0.15, -0.1) is 0 Å². The monoisotopic (exact) mass is 406 g/mol. The van der Waals surface area contributed by atoms with Gasteiger partial charge in [0.15, 0.2) is 6.61 Å². The van der Waals surface area contributed by atoms with Crippen LogP contribution in [0.15, 0.2) is 54.6 Å². The lowest BCUT2D eigenvalue weighted by atomic mass is 10.0. The summed E-state index contributed by atoms with van der Waals surface area (Å²) < 4.78 is 18.6. The van der Waals surface area contributed by atoms with E-state index in [4.69, 9.17) is 4.74 Å². The maximum absolute atomic E-state index is 12.9. The second-order valence-corrected chi connectivity index (χ2v) is 7.28. The van der Waals surface area contributed by atoms with E-state index < -0.39 is 0 Å². The van der Waals surface area contributed by atoms with Crippen molar-refractivity contribution < 1.29 is 13.9 Å². The van der Waals surface area contributed by atoms with Crippen LogP contribution in [-0.2, 0) is 24.3 Å². The Morgan fingerprint density at radius 2 is 1.90 bits per heavy atom. The molecule has 2 aromatic carbocycles. The van der Waals surface area contributed by atoms with E-state index in [0.717, 1.165) is 30.8 Å². The molecule has 2 heterocycles. The van der Waals surface area contributed by atoms with Crippen molar-refractivity contribution in [1.29, 1.82) is 0 Å². The van der Waals surface area contributed by atoms with E-state index in [9.17, 15) is 9.18 Å². The van der Waals surface area contributed by atoms with E-state index in [2.05, 4.69) is 38.4 Å². The number of aryl methyl sites for hydroxylation is 1. The Morgan fingerprint density at radius 1 is 1.13 bits per heavy atom. The van der Waals surface area contributed by atoms with E-state index in [1.165, 1.54) is 23.3 Å². The van der Waals surface area contributed by atoms with Gasteiger partial charge in [-0.05, 0) is 42.2 Å². The number of rotatable bonds is 6. The molecule has 0 saturated carbocycles. The number of halogens is 1. The SMILES string of the molecule is Cc1cc(OCC(=O)NCc2ccc(F)cc2)nc(N2CCc3ccccc3C2)n1. The largest absolute Gasteiger partial charge is 0.467 e. The van der Waals surface area contributed by atoms with Gasteiger partial charge in [-0.3, -0.25) is 4.79 Å². The molecule has 1 aliphatic heterocycles. The number of ether oxygens (including phenoxy) is 1. The number of carbonyl (C=O) groups excluding carboxylic acids is 1. The Kier molecular flexibility index (Phi) is 5.88. The Morgan fingerprint density at radius 3 is 2.70 bits per heavy atom. The summed E-state index contributed by atoms with van der Waals surface area (Å²) in [4.78, 5) is 23.3. The molecular weight excluding hydrogens is 383 g/mol. The van der Waals surface area contributed by atoms with Crippen molar-refractivity contribution in [1.82, 2.24) is 15.3 Å². The fourth-order valence-corrected chi connectivity index (χ4v) is 3.40. The summed E-state index contributed by atoms with van der Waals surface area (Å²) in [5, 5.41) is 2.75. The molecular formula is C23H23FN4O2. The molecule has 154 valence electrons. The fraction of sp³-hybridized carbons (Fsp3) is 0.261. The van der Waals surface area contributed by atoms with Crippen molar-refractivity contribution in [3.8, 4) is 5.88 Å². The zero-order chi connectivity index (χ0) is 20.9. The number of nitrogens with one attached hydrogen (secondary N) is 1. The molecule has 3 aromatic rings. The molecule has 0 fully saturated rings. The zero-order valence-corrected chi connectivity index (χ0v) is 16.8. The van der Waals surface area contributed by atoms with Crippen LogP contribution in [0.1, 0.15) is 22.4 Å². The van der Waals surface area contributed by atoms with E-state index in [1.54, 1.807) is 18.2 Å². The predicted octanol–water partition coefficient (Wildman–Crippen LogP) is 3.18. The first kappa shape index (κ1) is 19.8. The Labute approximate surface area is 174 Å². The van der Waals surface area contributed by atoms with Crippen LogP contribution in [0.4, 0.5) is 10.3 Å². The van der Waals surface area contributed by atoms with Crippen molar-refractivity contribution in [2.24, 2.45) is 0 Å². The van der Waals surface area contributed by atoms with Gasteiger partial charge in [0.1, 0.15) is 5.82 Å². The molecule has 0 unspecified atom stereocenters. The van der Waals surface area contributed by atoms with Crippen molar-refractivity contribution in [2.75, 3.05) is 18.1 Å². The summed E-state index contributed by atoms with van der Waals surface area (Å²) in [6.45, 7) is 3.61. The van der Waals surface area contributed by atoms with E-state index in [-0.39, 0.29) is 18.3 Å². The molecule has 30 heavy (non-hydrogen) atoms. The normalized spacial score (nSPS) is 12.9. The average Bonchev–Trinajstić information content (AvgIpc) is 2.76. The third kappa shape index (κ3) is 4.92. The van der Waals surface area contributed by atoms with Crippen LogP contribution in [0.3, 0.4) is 0 Å². The third-order valence-corrected chi connectivity index (χ3v) is 4.99.